The number of rotatable bonds is 4. The summed E-state index contributed by atoms with van der Waals surface area (Å²) in [4.78, 5) is 22.5. The fourth-order valence-electron chi connectivity index (χ4n) is 6.07. The largest absolute Gasteiger partial charge is 0.381 e. The zero-order chi connectivity index (χ0) is 26.4. The molecule has 9 nitrogen and oxygen atoms in total. The predicted molar refractivity (Wildman–Crippen MR) is 146 cm³/mol. The number of carbonyl (C=O) groups is 1. The van der Waals surface area contributed by atoms with Crippen molar-refractivity contribution in [1.29, 1.82) is 0 Å². The fourth-order valence-corrected chi connectivity index (χ4v) is 6.07. The van der Waals surface area contributed by atoms with Crippen LogP contribution < -0.4 is 4.90 Å². The molecule has 0 radical (unpaired) electrons. The van der Waals surface area contributed by atoms with E-state index in [1.54, 1.807) is 0 Å². The van der Waals surface area contributed by atoms with Gasteiger partial charge in [-0.15, -0.1) is 0 Å². The van der Waals surface area contributed by atoms with Gasteiger partial charge in [-0.2, -0.15) is 10.2 Å². The van der Waals surface area contributed by atoms with E-state index in [1.807, 2.05) is 35.2 Å². The van der Waals surface area contributed by atoms with Gasteiger partial charge in [0.25, 0.3) is 0 Å². The van der Waals surface area contributed by atoms with Crippen LogP contribution in [0.1, 0.15) is 69.3 Å². The van der Waals surface area contributed by atoms with Gasteiger partial charge in [0.15, 0.2) is 5.82 Å². The van der Waals surface area contributed by atoms with E-state index < -0.39 is 0 Å². The van der Waals surface area contributed by atoms with Gasteiger partial charge in [-0.05, 0) is 42.7 Å². The van der Waals surface area contributed by atoms with E-state index in [0.29, 0.717) is 19.0 Å². The monoisotopic (exact) mass is 517 g/mol. The highest BCUT2D eigenvalue weighted by Crippen LogP contribution is 2.40. The second-order valence-electron chi connectivity index (χ2n) is 12.2. The Kier molecular flexibility index (Phi) is 6.50. The molecule has 3 aromatic rings. The number of pyridine rings is 1. The van der Waals surface area contributed by atoms with E-state index in [4.69, 9.17) is 14.8 Å². The highest BCUT2D eigenvalue weighted by Gasteiger charge is 2.34. The zero-order valence-electron chi connectivity index (χ0n) is 23.1. The van der Waals surface area contributed by atoms with Crippen LogP contribution in [0.15, 0.2) is 24.7 Å². The number of hydrogen-bond donors (Lipinski definition) is 0. The van der Waals surface area contributed by atoms with Crippen molar-refractivity contribution in [1.82, 2.24) is 29.4 Å². The first-order chi connectivity index (χ1) is 18.3. The number of nitrogens with zero attached hydrogens (tertiary/aromatic N) is 7. The number of amides is 1. The molecule has 202 valence electrons. The Balaban J connectivity index is 1.37. The maximum atomic E-state index is 13.2. The molecule has 6 heterocycles. The number of aromatic nitrogens is 5. The summed E-state index contributed by atoms with van der Waals surface area (Å²) in [5.41, 5.74) is 6.86. The van der Waals surface area contributed by atoms with Crippen molar-refractivity contribution in [3.63, 3.8) is 0 Å². The lowest BCUT2D eigenvalue weighted by Crippen LogP contribution is -2.38. The van der Waals surface area contributed by atoms with E-state index in [2.05, 4.69) is 41.5 Å². The minimum absolute atomic E-state index is 0.0318. The Morgan fingerprint density at radius 1 is 1.13 bits per heavy atom. The average molecular weight is 518 g/mol. The lowest BCUT2D eigenvalue weighted by Gasteiger charge is -2.33. The molecule has 38 heavy (non-hydrogen) atoms. The molecule has 0 spiro atoms. The summed E-state index contributed by atoms with van der Waals surface area (Å²) in [6.07, 6.45) is 11.3. The second kappa shape index (κ2) is 9.84. The van der Waals surface area contributed by atoms with Crippen LogP contribution in [0.4, 0.5) is 11.5 Å². The molecule has 9 heteroatoms. The Labute approximate surface area is 224 Å². The Hall–Kier alpha value is -3.20. The van der Waals surface area contributed by atoms with Crippen molar-refractivity contribution in [3.8, 4) is 11.3 Å². The smallest absolute Gasteiger partial charge is 0.223 e. The third kappa shape index (κ3) is 4.84. The molecule has 0 N–H and O–H groups in total. The Morgan fingerprint density at radius 3 is 2.68 bits per heavy atom. The van der Waals surface area contributed by atoms with Crippen LogP contribution in [-0.2, 0) is 36.0 Å². The van der Waals surface area contributed by atoms with Crippen molar-refractivity contribution in [2.45, 2.75) is 71.9 Å². The van der Waals surface area contributed by atoms with Crippen LogP contribution in [0.25, 0.3) is 11.3 Å². The first-order valence-corrected chi connectivity index (χ1v) is 14.0. The molecule has 0 saturated carbocycles. The van der Waals surface area contributed by atoms with Crippen molar-refractivity contribution in [3.05, 3.63) is 41.5 Å². The van der Waals surface area contributed by atoms with Gasteiger partial charge in [0.05, 0.1) is 36.4 Å². The predicted octanol–water partition coefficient (Wildman–Crippen LogP) is 4.44. The van der Waals surface area contributed by atoms with E-state index >= 15 is 0 Å². The first-order valence-electron chi connectivity index (χ1n) is 14.0. The second-order valence-corrected chi connectivity index (χ2v) is 12.2. The lowest BCUT2D eigenvalue weighted by molar-refractivity contribution is -0.134. The maximum absolute atomic E-state index is 13.2. The summed E-state index contributed by atoms with van der Waals surface area (Å²) in [6.45, 7) is 10.2. The van der Waals surface area contributed by atoms with Gasteiger partial charge in [0.1, 0.15) is 0 Å². The van der Waals surface area contributed by atoms with Gasteiger partial charge in [0.2, 0.25) is 5.91 Å². The summed E-state index contributed by atoms with van der Waals surface area (Å²) in [5, 5.41) is 9.62. The third-order valence-corrected chi connectivity index (χ3v) is 7.98. The Bertz CT molecular complexity index is 1330. The van der Waals surface area contributed by atoms with Crippen LogP contribution in [-0.4, -0.2) is 61.7 Å². The number of fused-ring (bicyclic) bond motifs is 2. The topological polar surface area (TPSA) is 81.3 Å². The molecule has 0 atom stereocenters. The molecule has 3 aliphatic heterocycles. The molecule has 1 saturated heterocycles. The SMILES string of the molecule is Cn1cc(-c2cc3c(cn2)N(c2nn(C4CCOCC4)c4c2CN(C(=O)CC(C)(C)C)CC4)CCC3)cn1. The molecule has 6 rings (SSSR count). The molecular weight excluding hydrogens is 478 g/mol. The molecule has 1 fully saturated rings. The summed E-state index contributed by atoms with van der Waals surface area (Å²) in [6, 6.07) is 2.55. The summed E-state index contributed by atoms with van der Waals surface area (Å²) < 4.78 is 9.75. The van der Waals surface area contributed by atoms with Crippen LogP contribution in [0.5, 0.6) is 0 Å². The minimum Gasteiger partial charge on any atom is -0.381 e. The standard InChI is InChI=1S/C29H39N7O2/c1-29(2,3)15-27(37)34-11-7-25-23(19-34)28(32-36(25)22-8-12-38-13-9-22)35-10-5-6-20-14-24(30-17-26(20)35)21-16-31-33(4)18-21/h14,16-18,22H,5-13,15,19H2,1-4H3. The fraction of sp³-hybridized carbons (Fsp3) is 0.586. The Morgan fingerprint density at radius 2 is 1.95 bits per heavy atom. The molecule has 3 aliphatic rings. The van der Waals surface area contributed by atoms with Gasteiger partial charge in [-0.3, -0.25) is 19.1 Å². The van der Waals surface area contributed by atoms with Crippen LogP contribution in [0, 0.1) is 5.41 Å². The molecule has 3 aromatic heterocycles. The summed E-state index contributed by atoms with van der Waals surface area (Å²) in [7, 11) is 1.93. The number of carbonyl (C=O) groups excluding carboxylic acids is 1. The van der Waals surface area contributed by atoms with E-state index in [0.717, 1.165) is 81.2 Å². The third-order valence-electron chi connectivity index (χ3n) is 7.98. The van der Waals surface area contributed by atoms with Gasteiger partial charge < -0.3 is 14.5 Å². The molecule has 0 bridgehead atoms. The van der Waals surface area contributed by atoms with Gasteiger partial charge >= 0.3 is 0 Å². The van der Waals surface area contributed by atoms with Crippen molar-refractivity contribution in [2.24, 2.45) is 12.5 Å². The van der Waals surface area contributed by atoms with Crippen LogP contribution >= 0.6 is 0 Å². The number of hydrogen-bond acceptors (Lipinski definition) is 6. The molecule has 0 aromatic carbocycles. The number of anilines is 2. The maximum Gasteiger partial charge on any atom is 0.223 e. The highest BCUT2D eigenvalue weighted by atomic mass is 16.5. The minimum atomic E-state index is -0.0318. The van der Waals surface area contributed by atoms with E-state index in [1.165, 1.54) is 16.8 Å². The lowest BCUT2D eigenvalue weighted by atomic mass is 9.91. The first kappa shape index (κ1) is 25.1. The van der Waals surface area contributed by atoms with Crippen molar-refractivity contribution >= 4 is 17.4 Å². The molecule has 0 aliphatic carbocycles. The average Bonchev–Trinajstić information content (AvgIpc) is 3.51. The highest BCUT2D eigenvalue weighted by molar-refractivity contribution is 5.78. The van der Waals surface area contributed by atoms with Crippen LogP contribution in [0.3, 0.4) is 0 Å². The normalized spacial score (nSPS) is 18.4. The van der Waals surface area contributed by atoms with Crippen molar-refractivity contribution in [2.75, 3.05) is 31.2 Å². The summed E-state index contributed by atoms with van der Waals surface area (Å²) in [5.74, 6) is 1.23. The molecule has 1 amide bonds. The quantitative estimate of drug-likeness (QED) is 0.509. The van der Waals surface area contributed by atoms with Gasteiger partial charge in [0, 0.05) is 69.2 Å². The van der Waals surface area contributed by atoms with Gasteiger partial charge in [-0.25, -0.2) is 0 Å². The molecule has 0 unspecified atom stereocenters. The van der Waals surface area contributed by atoms with Gasteiger partial charge in [-0.1, -0.05) is 20.8 Å². The zero-order valence-corrected chi connectivity index (χ0v) is 23.1. The van der Waals surface area contributed by atoms with E-state index in [-0.39, 0.29) is 11.3 Å². The summed E-state index contributed by atoms with van der Waals surface area (Å²) >= 11 is 0. The number of aryl methyl sites for hydroxylation is 2. The van der Waals surface area contributed by atoms with Crippen LogP contribution in [0.2, 0.25) is 0 Å². The van der Waals surface area contributed by atoms with Crippen molar-refractivity contribution < 1.29 is 9.53 Å². The number of ether oxygens (including phenoxy) is 1. The molecular formula is C29H39N7O2. The van der Waals surface area contributed by atoms with E-state index in [9.17, 15) is 4.79 Å².